The van der Waals surface area contributed by atoms with Gasteiger partial charge in [0.1, 0.15) is 5.82 Å². The molecule has 3 rings (SSSR count). The summed E-state index contributed by atoms with van der Waals surface area (Å²) in [5.41, 5.74) is 0.785. The number of piperazine rings is 1. The van der Waals surface area contributed by atoms with Crippen molar-refractivity contribution in [3.8, 4) is 0 Å². The first-order valence-electron chi connectivity index (χ1n) is 6.26. The Labute approximate surface area is 115 Å². The van der Waals surface area contributed by atoms with E-state index in [2.05, 4.69) is 21.9 Å². The van der Waals surface area contributed by atoms with E-state index in [4.69, 9.17) is 0 Å². The van der Waals surface area contributed by atoms with Gasteiger partial charge in [-0.2, -0.15) is 11.3 Å². The van der Waals surface area contributed by atoms with E-state index in [1.807, 2.05) is 27.9 Å². The second kappa shape index (κ2) is 5.14. The Morgan fingerprint density at radius 2 is 2.42 bits per heavy atom. The number of amides is 1. The molecule has 0 aliphatic carbocycles. The molecule has 1 aliphatic heterocycles. The molecule has 1 saturated heterocycles. The molecule has 1 atom stereocenters. The number of H-pyrrole nitrogens is 1. The van der Waals surface area contributed by atoms with Crippen LogP contribution in [0.25, 0.3) is 0 Å². The molecule has 0 saturated carbocycles. The van der Waals surface area contributed by atoms with Crippen LogP contribution in [0.4, 0.5) is 0 Å². The maximum absolute atomic E-state index is 12.4. The summed E-state index contributed by atoms with van der Waals surface area (Å²) in [6.07, 6.45) is 3.58. The molecular formula is C13H16N4OS. The molecule has 2 aromatic rings. The highest BCUT2D eigenvalue weighted by Crippen LogP contribution is 2.22. The summed E-state index contributed by atoms with van der Waals surface area (Å²) in [5, 5.41) is 3.84. The third-order valence-electron chi connectivity index (χ3n) is 3.54. The molecule has 3 heterocycles. The molecule has 0 aromatic carbocycles. The first kappa shape index (κ1) is 12.4. The lowest BCUT2D eigenvalue weighted by Crippen LogP contribution is -2.49. The minimum absolute atomic E-state index is 0.117. The van der Waals surface area contributed by atoms with Gasteiger partial charge in [0.2, 0.25) is 0 Å². The van der Waals surface area contributed by atoms with Crippen molar-refractivity contribution >= 4 is 17.2 Å². The van der Waals surface area contributed by atoms with Gasteiger partial charge >= 0.3 is 0 Å². The second-order valence-electron chi connectivity index (χ2n) is 4.73. The minimum atomic E-state index is 0.117. The van der Waals surface area contributed by atoms with E-state index in [-0.39, 0.29) is 11.9 Å². The fourth-order valence-electron chi connectivity index (χ4n) is 2.38. The van der Waals surface area contributed by atoms with Gasteiger partial charge in [-0.05, 0) is 18.5 Å². The van der Waals surface area contributed by atoms with E-state index < -0.39 is 0 Å². The lowest BCUT2D eigenvalue weighted by atomic mass is 10.1. The van der Waals surface area contributed by atoms with Crippen LogP contribution in [-0.4, -0.2) is 52.4 Å². The molecule has 1 N–H and O–H groups in total. The average molecular weight is 276 g/mol. The van der Waals surface area contributed by atoms with E-state index in [0.29, 0.717) is 6.54 Å². The Balaban J connectivity index is 1.77. The van der Waals surface area contributed by atoms with Crippen LogP contribution in [0, 0.1) is 0 Å². The number of likely N-dealkylation sites (N-methyl/N-ethyl adjacent to an activating group) is 1. The van der Waals surface area contributed by atoms with Crippen LogP contribution in [0.2, 0.25) is 0 Å². The molecule has 5 nitrogen and oxygen atoms in total. The number of carbonyl (C=O) groups is 1. The van der Waals surface area contributed by atoms with E-state index in [1.54, 1.807) is 17.5 Å². The zero-order chi connectivity index (χ0) is 13.2. The van der Waals surface area contributed by atoms with Gasteiger partial charge < -0.3 is 9.88 Å². The van der Waals surface area contributed by atoms with Gasteiger partial charge in [-0.15, -0.1) is 0 Å². The van der Waals surface area contributed by atoms with Crippen LogP contribution in [0.5, 0.6) is 0 Å². The number of imidazole rings is 1. The quantitative estimate of drug-likeness (QED) is 0.906. The highest BCUT2D eigenvalue weighted by Gasteiger charge is 2.30. The lowest BCUT2D eigenvalue weighted by Gasteiger charge is -2.38. The molecule has 1 aliphatic rings. The number of nitrogens with one attached hydrogen (secondary N) is 1. The Morgan fingerprint density at radius 1 is 1.53 bits per heavy atom. The lowest BCUT2D eigenvalue weighted by molar-refractivity contribution is 0.0535. The number of rotatable bonds is 2. The number of aromatic nitrogens is 2. The summed E-state index contributed by atoms with van der Waals surface area (Å²) in [5.74, 6) is 1.04. The van der Waals surface area contributed by atoms with Crippen molar-refractivity contribution in [2.45, 2.75) is 6.04 Å². The number of carbonyl (C=O) groups excluding carboxylic acids is 1. The fraction of sp³-hybridized carbons (Fsp3) is 0.385. The van der Waals surface area contributed by atoms with Gasteiger partial charge in [-0.1, -0.05) is 0 Å². The van der Waals surface area contributed by atoms with Gasteiger partial charge in [0, 0.05) is 37.4 Å². The number of hydrogen-bond donors (Lipinski definition) is 1. The molecule has 0 unspecified atom stereocenters. The Kier molecular flexibility index (Phi) is 3.35. The van der Waals surface area contributed by atoms with Crippen molar-refractivity contribution in [3.63, 3.8) is 0 Å². The van der Waals surface area contributed by atoms with Crippen LogP contribution >= 0.6 is 11.3 Å². The molecule has 19 heavy (non-hydrogen) atoms. The van der Waals surface area contributed by atoms with Crippen molar-refractivity contribution < 1.29 is 4.79 Å². The van der Waals surface area contributed by atoms with Crippen LogP contribution in [0.1, 0.15) is 22.2 Å². The molecule has 6 heteroatoms. The van der Waals surface area contributed by atoms with Crippen molar-refractivity contribution in [2.75, 3.05) is 26.7 Å². The molecule has 1 amide bonds. The molecule has 0 radical (unpaired) electrons. The van der Waals surface area contributed by atoms with Crippen LogP contribution in [0.15, 0.2) is 29.2 Å². The molecule has 100 valence electrons. The van der Waals surface area contributed by atoms with Crippen molar-refractivity contribution in [1.29, 1.82) is 0 Å². The molecular weight excluding hydrogens is 260 g/mol. The van der Waals surface area contributed by atoms with E-state index in [1.165, 1.54) is 0 Å². The van der Waals surface area contributed by atoms with Gasteiger partial charge in [0.25, 0.3) is 5.91 Å². The van der Waals surface area contributed by atoms with Crippen LogP contribution in [-0.2, 0) is 0 Å². The van der Waals surface area contributed by atoms with Crippen LogP contribution < -0.4 is 0 Å². The van der Waals surface area contributed by atoms with Gasteiger partial charge in [-0.25, -0.2) is 4.98 Å². The summed E-state index contributed by atoms with van der Waals surface area (Å²) >= 11 is 1.55. The third kappa shape index (κ3) is 2.41. The average Bonchev–Trinajstić information content (AvgIpc) is 3.12. The highest BCUT2D eigenvalue weighted by atomic mass is 32.1. The van der Waals surface area contributed by atoms with E-state index in [0.717, 1.165) is 24.5 Å². The Morgan fingerprint density at radius 3 is 3.11 bits per heavy atom. The summed E-state index contributed by atoms with van der Waals surface area (Å²) in [7, 11) is 2.07. The van der Waals surface area contributed by atoms with Crippen molar-refractivity contribution in [2.24, 2.45) is 0 Å². The maximum Gasteiger partial charge on any atom is 0.254 e. The Bertz CT molecular complexity index is 537. The first-order chi connectivity index (χ1) is 9.25. The summed E-state index contributed by atoms with van der Waals surface area (Å²) in [6, 6.07) is 2.03. The summed E-state index contributed by atoms with van der Waals surface area (Å²) < 4.78 is 0. The number of aromatic amines is 1. The van der Waals surface area contributed by atoms with Gasteiger partial charge in [0.05, 0.1) is 11.6 Å². The number of hydrogen-bond acceptors (Lipinski definition) is 4. The predicted octanol–water partition coefficient (Wildman–Crippen LogP) is 1.60. The minimum Gasteiger partial charge on any atom is -0.347 e. The summed E-state index contributed by atoms with van der Waals surface area (Å²) in [4.78, 5) is 24.0. The van der Waals surface area contributed by atoms with E-state index >= 15 is 0 Å². The topological polar surface area (TPSA) is 52.2 Å². The zero-order valence-corrected chi connectivity index (χ0v) is 11.6. The van der Waals surface area contributed by atoms with Crippen LogP contribution in [0.3, 0.4) is 0 Å². The third-order valence-corrected chi connectivity index (χ3v) is 4.22. The highest BCUT2D eigenvalue weighted by molar-refractivity contribution is 7.08. The fourth-order valence-corrected chi connectivity index (χ4v) is 3.01. The molecule has 0 spiro atoms. The normalized spacial score (nSPS) is 20.7. The zero-order valence-electron chi connectivity index (χ0n) is 10.7. The SMILES string of the molecule is CN1CCN(C(=O)c2ccsc2)C[C@@H]1c1ncc[nH]1. The standard InChI is InChI=1S/C13H16N4OS/c1-16-5-6-17(13(18)10-2-7-19-9-10)8-11(16)12-14-3-4-15-12/h2-4,7,9,11H,5-6,8H2,1H3,(H,14,15)/t11-/m1/s1. The maximum atomic E-state index is 12.4. The monoisotopic (exact) mass is 276 g/mol. The Hall–Kier alpha value is -1.66. The number of nitrogens with zero attached hydrogens (tertiary/aromatic N) is 3. The largest absolute Gasteiger partial charge is 0.347 e. The van der Waals surface area contributed by atoms with Crippen molar-refractivity contribution in [3.05, 3.63) is 40.6 Å². The number of thiophene rings is 1. The molecule has 0 bridgehead atoms. The van der Waals surface area contributed by atoms with Crippen molar-refractivity contribution in [1.82, 2.24) is 19.8 Å². The van der Waals surface area contributed by atoms with Gasteiger partial charge in [0.15, 0.2) is 0 Å². The predicted molar refractivity (Wildman–Crippen MR) is 74.2 cm³/mol. The van der Waals surface area contributed by atoms with E-state index in [9.17, 15) is 4.79 Å². The smallest absolute Gasteiger partial charge is 0.254 e. The second-order valence-corrected chi connectivity index (χ2v) is 5.51. The summed E-state index contributed by atoms with van der Waals surface area (Å²) in [6.45, 7) is 2.31. The molecule has 2 aromatic heterocycles. The first-order valence-corrected chi connectivity index (χ1v) is 7.21. The molecule has 1 fully saturated rings. The van der Waals surface area contributed by atoms with Gasteiger partial charge in [-0.3, -0.25) is 9.69 Å².